The molecule has 1 aliphatic carbocycles. The molecule has 0 spiro atoms. The van der Waals surface area contributed by atoms with Gasteiger partial charge < -0.3 is 14.7 Å². The lowest BCUT2D eigenvalue weighted by atomic mass is 10.2. The van der Waals surface area contributed by atoms with Gasteiger partial charge in [-0.25, -0.2) is 23.6 Å². The third-order valence-corrected chi connectivity index (χ3v) is 5.97. The summed E-state index contributed by atoms with van der Waals surface area (Å²) in [6.07, 6.45) is 0.690. The number of nitrogens with one attached hydrogen (secondary N) is 2. The summed E-state index contributed by atoms with van der Waals surface area (Å²) in [5.74, 6) is 0.803. The van der Waals surface area contributed by atoms with Crippen molar-refractivity contribution >= 4 is 33.7 Å². The molecule has 29 heavy (non-hydrogen) atoms. The van der Waals surface area contributed by atoms with Gasteiger partial charge in [-0.05, 0) is 30.4 Å². The number of carbonyl (C=O) groups is 2. The number of hydrogen-bond donors (Lipinski definition) is 3. The average molecular weight is 429 g/mol. The fourth-order valence-corrected chi connectivity index (χ4v) is 3.18. The molecule has 11 nitrogen and oxygen atoms in total. The normalized spacial score (nSPS) is 18.1. The number of ether oxygens (including phenoxy) is 1. The van der Waals surface area contributed by atoms with Gasteiger partial charge in [-0.2, -0.15) is 0 Å². The predicted molar refractivity (Wildman–Crippen MR) is 107 cm³/mol. The molecular formula is C17H27N5O6S. The molecule has 0 bridgehead atoms. The molecular weight excluding hydrogens is 402 g/mol. The van der Waals surface area contributed by atoms with Crippen molar-refractivity contribution in [1.29, 1.82) is 0 Å². The maximum absolute atomic E-state index is 12.4. The molecule has 3 N–H and O–H groups in total. The SMILES string of the molecule is COCCN(CC1CC1C)c1cc(C(=O)NNC(=O)O)cc(N(C)S(C)(=O)=O)n1. The summed E-state index contributed by atoms with van der Waals surface area (Å²) in [7, 11) is -0.703. The van der Waals surface area contributed by atoms with Crippen LogP contribution in [0.15, 0.2) is 12.1 Å². The molecule has 2 unspecified atom stereocenters. The van der Waals surface area contributed by atoms with Crippen LogP contribution in [0, 0.1) is 11.8 Å². The molecule has 1 saturated carbocycles. The highest BCUT2D eigenvalue weighted by Gasteiger charge is 2.34. The fraction of sp³-hybridized carbons (Fsp3) is 0.588. The molecule has 162 valence electrons. The molecule has 0 saturated heterocycles. The standard InChI is InChI=1S/C17H27N5O6S/c1-11-7-13(11)10-22(5-6-28-3)15-9-12(16(23)19-20-17(24)25)8-14(18-15)21(2)29(4,26)27/h8-9,11,13,20H,5-7,10H2,1-4H3,(H,19,23)(H,24,25). The van der Waals surface area contributed by atoms with E-state index in [0.29, 0.717) is 37.4 Å². The number of rotatable bonds is 9. The Bertz CT molecular complexity index is 862. The molecule has 2 rings (SSSR count). The molecule has 2 amide bonds. The van der Waals surface area contributed by atoms with Crippen LogP contribution >= 0.6 is 0 Å². The Labute approximate surface area is 170 Å². The summed E-state index contributed by atoms with van der Waals surface area (Å²) < 4.78 is 30.1. The number of sulfonamides is 1. The first-order valence-electron chi connectivity index (χ1n) is 9.02. The van der Waals surface area contributed by atoms with Gasteiger partial charge in [-0.1, -0.05) is 6.92 Å². The first-order chi connectivity index (χ1) is 13.5. The van der Waals surface area contributed by atoms with E-state index >= 15 is 0 Å². The Kier molecular flexibility index (Phi) is 7.25. The maximum Gasteiger partial charge on any atom is 0.423 e. The number of nitrogens with zero attached hydrogens (tertiary/aromatic N) is 3. The third-order valence-electron chi connectivity index (χ3n) is 4.78. The van der Waals surface area contributed by atoms with Crippen LogP contribution in [0.2, 0.25) is 0 Å². The second kappa shape index (κ2) is 9.27. The zero-order valence-electron chi connectivity index (χ0n) is 16.9. The number of carboxylic acid groups (broad SMARTS) is 1. The van der Waals surface area contributed by atoms with E-state index in [9.17, 15) is 18.0 Å². The molecule has 1 aromatic heterocycles. The molecule has 2 atom stereocenters. The Morgan fingerprint density at radius 2 is 1.93 bits per heavy atom. The van der Waals surface area contributed by atoms with Gasteiger partial charge in [0.15, 0.2) is 0 Å². The Morgan fingerprint density at radius 3 is 2.45 bits per heavy atom. The number of amides is 2. The van der Waals surface area contributed by atoms with Crippen LogP contribution in [0.4, 0.5) is 16.4 Å². The second-order valence-corrected chi connectivity index (χ2v) is 9.11. The van der Waals surface area contributed by atoms with Gasteiger partial charge in [-0.3, -0.25) is 14.5 Å². The van der Waals surface area contributed by atoms with E-state index in [4.69, 9.17) is 9.84 Å². The molecule has 12 heteroatoms. The van der Waals surface area contributed by atoms with E-state index in [-0.39, 0.29) is 11.4 Å². The summed E-state index contributed by atoms with van der Waals surface area (Å²) in [6.45, 7) is 3.78. The third kappa shape index (κ3) is 6.46. The monoisotopic (exact) mass is 429 g/mol. The van der Waals surface area contributed by atoms with Gasteiger partial charge in [0, 0.05) is 32.8 Å². The highest BCUT2D eigenvalue weighted by atomic mass is 32.2. The zero-order chi connectivity index (χ0) is 21.8. The summed E-state index contributed by atoms with van der Waals surface area (Å²) in [4.78, 5) is 29.4. The molecule has 1 fully saturated rings. The highest BCUT2D eigenvalue weighted by Crippen LogP contribution is 2.39. The molecule has 0 radical (unpaired) electrons. The lowest BCUT2D eigenvalue weighted by Gasteiger charge is -2.26. The highest BCUT2D eigenvalue weighted by molar-refractivity contribution is 7.92. The van der Waals surface area contributed by atoms with Gasteiger partial charge >= 0.3 is 6.09 Å². The smallest absolute Gasteiger partial charge is 0.423 e. The summed E-state index contributed by atoms with van der Waals surface area (Å²) >= 11 is 0. The first kappa shape index (κ1) is 22.7. The second-order valence-electron chi connectivity index (χ2n) is 7.10. The Hall–Kier alpha value is -2.60. The Balaban J connectivity index is 2.42. The van der Waals surface area contributed by atoms with Crippen molar-refractivity contribution in [2.75, 3.05) is 49.3 Å². The minimum Gasteiger partial charge on any atom is -0.464 e. The van der Waals surface area contributed by atoms with Crippen LogP contribution < -0.4 is 20.1 Å². The fourth-order valence-electron chi connectivity index (χ4n) is 2.75. The first-order valence-corrected chi connectivity index (χ1v) is 10.9. The molecule has 0 aliphatic heterocycles. The van der Waals surface area contributed by atoms with E-state index < -0.39 is 22.0 Å². The zero-order valence-corrected chi connectivity index (χ0v) is 17.7. The van der Waals surface area contributed by atoms with E-state index in [1.54, 1.807) is 12.5 Å². The Morgan fingerprint density at radius 1 is 1.31 bits per heavy atom. The number of carbonyl (C=O) groups excluding carboxylic acids is 1. The van der Waals surface area contributed by atoms with E-state index in [1.165, 1.54) is 19.2 Å². The van der Waals surface area contributed by atoms with Crippen LogP contribution in [-0.4, -0.2) is 70.6 Å². The quantitative estimate of drug-likeness (QED) is 0.482. The van der Waals surface area contributed by atoms with Crippen molar-refractivity contribution in [3.63, 3.8) is 0 Å². The minimum atomic E-state index is -3.62. The van der Waals surface area contributed by atoms with Gasteiger partial charge in [-0.15, -0.1) is 0 Å². The number of anilines is 2. The van der Waals surface area contributed by atoms with Crippen molar-refractivity contribution in [2.45, 2.75) is 13.3 Å². The largest absolute Gasteiger partial charge is 0.464 e. The number of hydrogen-bond acceptors (Lipinski definition) is 7. The number of methoxy groups -OCH3 is 1. The van der Waals surface area contributed by atoms with Crippen LogP contribution in [0.3, 0.4) is 0 Å². The topological polar surface area (TPSA) is 141 Å². The van der Waals surface area contributed by atoms with Crippen molar-refractivity contribution in [3.8, 4) is 0 Å². The lowest BCUT2D eigenvalue weighted by molar-refractivity contribution is 0.0926. The van der Waals surface area contributed by atoms with Crippen molar-refractivity contribution in [3.05, 3.63) is 17.7 Å². The van der Waals surface area contributed by atoms with Crippen molar-refractivity contribution in [1.82, 2.24) is 15.8 Å². The summed E-state index contributed by atoms with van der Waals surface area (Å²) in [5, 5.41) is 8.68. The molecule has 1 aliphatic rings. The van der Waals surface area contributed by atoms with Gasteiger partial charge in [0.1, 0.15) is 11.6 Å². The molecule has 1 aromatic rings. The summed E-state index contributed by atoms with van der Waals surface area (Å²) in [6, 6.07) is 2.79. The van der Waals surface area contributed by atoms with E-state index in [1.807, 2.05) is 10.3 Å². The van der Waals surface area contributed by atoms with E-state index in [0.717, 1.165) is 17.0 Å². The average Bonchev–Trinajstić information content (AvgIpc) is 3.35. The van der Waals surface area contributed by atoms with E-state index in [2.05, 4.69) is 11.9 Å². The van der Waals surface area contributed by atoms with Gasteiger partial charge in [0.2, 0.25) is 10.0 Å². The van der Waals surface area contributed by atoms with Crippen molar-refractivity contribution < 1.29 is 27.9 Å². The van der Waals surface area contributed by atoms with Gasteiger partial charge in [0.05, 0.1) is 12.9 Å². The van der Waals surface area contributed by atoms with Crippen LogP contribution in [0.5, 0.6) is 0 Å². The van der Waals surface area contributed by atoms with Gasteiger partial charge in [0.25, 0.3) is 5.91 Å². The van der Waals surface area contributed by atoms with Crippen molar-refractivity contribution in [2.24, 2.45) is 11.8 Å². The number of aromatic nitrogens is 1. The molecule has 1 heterocycles. The maximum atomic E-state index is 12.4. The van der Waals surface area contributed by atoms with Crippen LogP contribution in [0.1, 0.15) is 23.7 Å². The number of hydrazine groups is 1. The number of pyridine rings is 1. The lowest BCUT2D eigenvalue weighted by Crippen LogP contribution is -2.41. The van der Waals surface area contributed by atoms with Crippen LogP contribution in [0.25, 0.3) is 0 Å². The summed E-state index contributed by atoms with van der Waals surface area (Å²) in [5.41, 5.74) is 3.90. The minimum absolute atomic E-state index is 0.0525. The molecule has 0 aromatic carbocycles. The van der Waals surface area contributed by atoms with Crippen LogP contribution in [-0.2, 0) is 14.8 Å². The predicted octanol–water partition coefficient (Wildman–Crippen LogP) is 0.499.